The normalized spacial score (nSPS) is 9.73. The van der Waals surface area contributed by atoms with Crippen molar-refractivity contribution in [3.05, 3.63) is 10.0 Å². The van der Waals surface area contributed by atoms with Gasteiger partial charge in [0, 0.05) is 0 Å². The number of nitrogens with one attached hydrogen (secondary N) is 1. The quantitative estimate of drug-likeness (QED) is 0.778. The summed E-state index contributed by atoms with van der Waals surface area (Å²) in [7, 11) is 1.22. The highest BCUT2D eigenvalue weighted by Gasteiger charge is 2.17. The number of anilines is 1. The van der Waals surface area contributed by atoms with Gasteiger partial charge < -0.3 is 15.2 Å². The number of carbonyl (C=O) groups excluding carboxylic acids is 1. The molecule has 15 heavy (non-hydrogen) atoms. The number of halogens is 1. The Morgan fingerprint density at radius 2 is 2.33 bits per heavy atom. The van der Waals surface area contributed by atoms with Crippen molar-refractivity contribution in [3.8, 4) is 0 Å². The zero-order valence-corrected chi connectivity index (χ0v) is 9.18. The molecule has 0 bridgehead atoms. The molecule has 0 aromatic carbocycles. The van der Waals surface area contributed by atoms with Crippen LogP contribution in [0, 0.1) is 0 Å². The number of ether oxygens (including phenoxy) is 1. The molecule has 0 amide bonds. The molecule has 1 aromatic heterocycles. The lowest BCUT2D eigenvalue weighted by atomic mass is 10.6. The number of carbonyl (C=O) groups is 2. The molecule has 0 aliphatic rings. The lowest BCUT2D eigenvalue weighted by Gasteiger charge is -1.95. The number of carboxylic acids is 1. The van der Waals surface area contributed by atoms with Crippen molar-refractivity contribution in [1.82, 2.24) is 4.98 Å². The molecule has 0 saturated carbocycles. The summed E-state index contributed by atoms with van der Waals surface area (Å²) < 4.78 is 4.46. The Morgan fingerprint density at radius 3 is 2.87 bits per heavy atom. The first-order chi connectivity index (χ1) is 7.04. The minimum absolute atomic E-state index is 0.000242. The summed E-state index contributed by atoms with van der Waals surface area (Å²) >= 11 is 6.59. The van der Waals surface area contributed by atoms with Crippen LogP contribution in [0.25, 0.3) is 0 Å². The fourth-order valence-electron chi connectivity index (χ4n) is 0.747. The molecule has 1 aromatic rings. The van der Waals surface area contributed by atoms with Crippen molar-refractivity contribution in [2.75, 3.05) is 19.0 Å². The summed E-state index contributed by atoms with van der Waals surface area (Å²) in [5.74, 6) is -1.62. The third-order valence-electron chi connectivity index (χ3n) is 1.35. The van der Waals surface area contributed by atoms with Gasteiger partial charge in [-0.3, -0.25) is 4.79 Å². The second-order valence-electron chi connectivity index (χ2n) is 2.38. The molecule has 82 valence electrons. The van der Waals surface area contributed by atoms with Gasteiger partial charge in [-0.1, -0.05) is 22.9 Å². The van der Waals surface area contributed by atoms with E-state index in [1.54, 1.807) is 0 Å². The number of hydrogen-bond donors (Lipinski definition) is 2. The van der Waals surface area contributed by atoms with Gasteiger partial charge in [-0.25, -0.2) is 9.78 Å². The van der Waals surface area contributed by atoms with Crippen LogP contribution in [0.1, 0.15) is 9.67 Å². The first kappa shape index (κ1) is 11.7. The van der Waals surface area contributed by atoms with E-state index in [0.29, 0.717) is 0 Å². The molecule has 0 atom stereocenters. The van der Waals surface area contributed by atoms with Crippen LogP contribution < -0.4 is 5.32 Å². The van der Waals surface area contributed by atoms with E-state index >= 15 is 0 Å². The van der Waals surface area contributed by atoms with Crippen LogP contribution in [-0.2, 0) is 9.53 Å². The van der Waals surface area contributed by atoms with Gasteiger partial charge in [0.1, 0.15) is 6.54 Å². The van der Waals surface area contributed by atoms with E-state index in [-0.39, 0.29) is 21.7 Å². The summed E-state index contributed by atoms with van der Waals surface area (Å²) in [6, 6.07) is 0. The fraction of sp³-hybridized carbons (Fsp3) is 0.286. The highest BCUT2D eigenvalue weighted by atomic mass is 35.5. The van der Waals surface area contributed by atoms with Crippen LogP contribution in [0.2, 0.25) is 5.15 Å². The van der Waals surface area contributed by atoms with Crippen molar-refractivity contribution in [2.45, 2.75) is 0 Å². The molecule has 1 heterocycles. The molecule has 0 radical (unpaired) electrons. The average Bonchev–Trinajstić information content (AvgIpc) is 2.55. The summed E-state index contributed by atoms with van der Waals surface area (Å²) in [6.45, 7) is -0.287. The first-order valence-corrected chi connectivity index (χ1v) is 4.94. The molecule has 2 N–H and O–H groups in total. The number of hydrogen-bond acceptors (Lipinski definition) is 6. The lowest BCUT2D eigenvalue weighted by Crippen LogP contribution is -2.11. The summed E-state index contributed by atoms with van der Waals surface area (Å²) in [5.41, 5.74) is 0. The Morgan fingerprint density at radius 1 is 1.67 bits per heavy atom. The molecule has 6 nitrogen and oxygen atoms in total. The first-order valence-electron chi connectivity index (χ1n) is 3.75. The van der Waals surface area contributed by atoms with Crippen molar-refractivity contribution >= 4 is 40.0 Å². The average molecular weight is 251 g/mol. The van der Waals surface area contributed by atoms with Crippen molar-refractivity contribution < 1.29 is 19.4 Å². The molecule has 8 heteroatoms. The number of methoxy groups -OCH3 is 1. The molecule has 0 saturated heterocycles. The van der Waals surface area contributed by atoms with Gasteiger partial charge >= 0.3 is 11.9 Å². The Kier molecular flexibility index (Phi) is 3.87. The van der Waals surface area contributed by atoms with Gasteiger partial charge in [-0.15, -0.1) is 0 Å². The molecule has 1 rings (SSSR count). The monoisotopic (exact) mass is 250 g/mol. The van der Waals surface area contributed by atoms with E-state index in [9.17, 15) is 9.59 Å². The molecular formula is C7H7ClN2O4S. The fourth-order valence-corrected chi connectivity index (χ4v) is 1.85. The lowest BCUT2D eigenvalue weighted by molar-refractivity contribution is -0.134. The van der Waals surface area contributed by atoms with Gasteiger partial charge in [-0.2, -0.15) is 0 Å². The van der Waals surface area contributed by atoms with Gasteiger partial charge in [-0.05, 0) is 0 Å². The SMILES string of the molecule is COC(=O)c1sc(NCC(=O)O)nc1Cl. The maximum atomic E-state index is 11.1. The Balaban J connectivity index is 2.76. The highest BCUT2D eigenvalue weighted by Crippen LogP contribution is 2.27. The van der Waals surface area contributed by atoms with E-state index in [4.69, 9.17) is 16.7 Å². The maximum Gasteiger partial charge on any atom is 0.351 e. The molecule has 0 aliphatic heterocycles. The highest BCUT2D eigenvalue weighted by molar-refractivity contribution is 7.18. The number of thiazole rings is 1. The van der Waals surface area contributed by atoms with Crippen LogP contribution in [0.5, 0.6) is 0 Å². The predicted octanol–water partition coefficient (Wildman–Crippen LogP) is 1.08. The Bertz CT molecular complexity index is 392. The minimum Gasteiger partial charge on any atom is -0.480 e. The predicted molar refractivity (Wildman–Crippen MR) is 54.6 cm³/mol. The maximum absolute atomic E-state index is 11.1. The smallest absolute Gasteiger partial charge is 0.351 e. The zero-order valence-electron chi connectivity index (χ0n) is 7.61. The number of esters is 1. The van der Waals surface area contributed by atoms with Crippen molar-refractivity contribution in [3.63, 3.8) is 0 Å². The zero-order chi connectivity index (χ0) is 11.4. The second-order valence-corrected chi connectivity index (χ2v) is 3.73. The number of carboxylic acid groups (broad SMARTS) is 1. The number of rotatable bonds is 4. The van der Waals surface area contributed by atoms with Crippen molar-refractivity contribution in [1.29, 1.82) is 0 Å². The third kappa shape index (κ3) is 3.07. The molecular weight excluding hydrogens is 244 g/mol. The standard InChI is InChI=1S/C7H7ClN2O4S/c1-14-6(13)4-5(8)10-7(15-4)9-2-3(11)12/h2H2,1H3,(H,9,10)(H,11,12). The van der Waals surface area contributed by atoms with Crippen LogP contribution >= 0.6 is 22.9 Å². The van der Waals surface area contributed by atoms with E-state index in [1.807, 2.05) is 0 Å². The summed E-state index contributed by atoms with van der Waals surface area (Å²) in [4.78, 5) is 25.3. The molecule has 0 fully saturated rings. The molecule has 0 aliphatic carbocycles. The number of aromatic nitrogens is 1. The molecule has 0 spiro atoms. The van der Waals surface area contributed by atoms with Gasteiger partial charge in [0.2, 0.25) is 0 Å². The van der Waals surface area contributed by atoms with E-state index in [1.165, 1.54) is 7.11 Å². The number of aliphatic carboxylic acids is 1. The number of nitrogens with zero attached hydrogens (tertiary/aromatic N) is 1. The largest absolute Gasteiger partial charge is 0.480 e. The van der Waals surface area contributed by atoms with E-state index in [0.717, 1.165) is 11.3 Å². The van der Waals surface area contributed by atoms with Crippen LogP contribution in [0.15, 0.2) is 0 Å². The molecule has 0 unspecified atom stereocenters. The van der Waals surface area contributed by atoms with Gasteiger partial charge in [0.25, 0.3) is 0 Å². The Hall–Kier alpha value is -1.34. The van der Waals surface area contributed by atoms with E-state index < -0.39 is 11.9 Å². The second kappa shape index (κ2) is 4.94. The van der Waals surface area contributed by atoms with Gasteiger partial charge in [0.05, 0.1) is 7.11 Å². The summed E-state index contributed by atoms with van der Waals surface area (Å²) in [5, 5.41) is 11.2. The van der Waals surface area contributed by atoms with Crippen LogP contribution in [0.4, 0.5) is 5.13 Å². The third-order valence-corrected chi connectivity index (χ3v) is 2.73. The Labute approximate surface area is 93.8 Å². The van der Waals surface area contributed by atoms with E-state index in [2.05, 4.69) is 15.0 Å². The van der Waals surface area contributed by atoms with Crippen LogP contribution in [-0.4, -0.2) is 35.7 Å². The van der Waals surface area contributed by atoms with Crippen LogP contribution in [0.3, 0.4) is 0 Å². The summed E-state index contributed by atoms with van der Waals surface area (Å²) in [6.07, 6.45) is 0. The van der Waals surface area contributed by atoms with Crippen molar-refractivity contribution in [2.24, 2.45) is 0 Å². The van der Waals surface area contributed by atoms with Gasteiger partial charge in [0.15, 0.2) is 15.2 Å². The topological polar surface area (TPSA) is 88.5 Å². The minimum atomic E-state index is -1.03.